The molecule has 0 unspecified atom stereocenters. The van der Waals surface area contributed by atoms with Crippen molar-refractivity contribution in [1.29, 1.82) is 0 Å². The molecule has 1 heterocycles. The van der Waals surface area contributed by atoms with E-state index in [9.17, 15) is 18.0 Å². The van der Waals surface area contributed by atoms with E-state index in [1.165, 1.54) is 12.3 Å². The number of rotatable bonds is 6. The monoisotopic (exact) mass is 364 g/mol. The van der Waals surface area contributed by atoms with E-state index in [2.05, 4.69) is 15.0 Å². The van der Waals surface area contributed by atoms with Crippen molar-refractivity contribution in [2.45, 2.75) is 31.5 Å². The smallest absolute Gasteiger partial charge is 0.422 e. The third kappa shape index (κ3) is 4.74. The molecule has 3 atom stereocenters. The second kappa shape index (κ2) is 7.35. The Hall–Kier alpha value is -2.57. The minimum Gasteiger partial charge on any atom is -0.483 e. The first-order valence-corrected chi connectivity index (χ1v) is 8.34. The summed E-state index contributed by atoms with van der Waals surface area (Å²) >= 11 is 0. The number of amides is 1. The predicted molar refractivity (Wildman–Crippen MR) is 89.6 cm³/mol. The first-order valence-electron chi connectivity index (χ1n) is 8.34. The fourth-order valence-electron chi connectivity index (χ4n) is 2.85. The molecular formula is C19H19F3N2O2. The summed E-state index contributed by atoms with van der Waals surface area (Å²) in [4.78, 5) is 16.4. The molecule has 7 heteroatoms. The van der Waals surface area contributed by atoms with Gasteiger partial charge in [-0.2, -0.15) is 13.2 Å². The second-order valence-corrected chi connectivity index (χ2v) is 6.41. The normalized spacial score (nSPS) is 20.3. The summed E-state index contributed by atoms with van der Waals surface area (Å²) in [5.41, 5.74) is 1.72. The molecule has 2 aromatic rings. The van der Waals surface area contributed by atoms with E-state index < -0.39 is 12.8 Å². The van der Waals surface area contributed by atoms with E-state index in [1.54, 1.807) is 13.0 Å². The molecule has 26 heavy (non-hydrogen) atoms. The molecule has 0 bridgehead atoms. The van der Waals surface area contributed by atoms with Crippen LogP contribution in [0, 0.1) is 5.92 Å². The summed E-state index contributed by atoms with van der Waals surface area (Å²) in [6.07, 6.45) is -2.34. The van der Waals surface area contributed by atoms with Gasteiger partial charge in [-0.1, -0.05) is 30.3 Å². The summed E-state index contributed by atoms with van der Waals surface area (Å²) < 4.78 is 41.0. The molecule has 0 saturated heterocycles. The topological polar surface area (TPSA) is 51.2 Å². The maximum absolute atomic E-state index is 12.4. The first kappa shape index (κ1) is 18.2. The lowest BCUT2D eigenvalue weighted by Crippen LogP contribution is -2.29. The maximum Gasteiger partial charge on any atom is 0.422 e. The van der Waals surface area contributed by atoms with Crippen molar-refractivity contribution in [3.63, 3.8) is 0 Å². The highest BCUT2D eigenvalue weighted by molar-refractivity contribution is 5.83. The number of nitrogens with zero attached hydrogens (tertiary/aromatic N) is 1. The Morgan fingerprint density at radius 3 is 2.62 bits per heavy atom. The summed E-state index contributed by atoms with van der Waals surface area (Å²) in [7, 11) is 0. The van der Waals surface area contributed by atoms with E-state index in [0.717, 1.165) is 12.0 Å². The van der Waals surface area contributed by atoms with Gasteiger partial charge in [0.2, 0.25) is 5.91 Å². The largest absolute Gasteiger partial charge is 0.483 e. The summed E-state index contributed by atoms with van der Waals surface area (Å²) in [5.74, 6) is 0.199. The van der Waals surface area contributed by atoms with Crippen LogP contribution in [0.3, 0.4) is 0 Å². The predicted octanol–water partition coefficient (Wildman–Crippen LogP) is 4.00. The standard InChI is InChI=1S/C19H19F3N2O2/c1-12(17-8-7-14(10-23-17)26-11-19(20,21)22)24-18(25)16-9-15(16)13-5-3-2-4-6-13/h2-8,10,12,15-16H,9,11H2,1H3,(H,24,25)/t12-,15-,16+/m0/s1. The van der Waals surface area contributed by atoms with Gasteiger partial charge in [-0.3, -0.25) is 9.78 Å². The van der Waals surface area contributed by atoms with Crippen molar-refractivity contribution in [3.8, 4) is 5.75 Å². The van der Waals surface area contributed by atoms with Crippen molar-refractivity contribution in [3.05, 3.63) is 59.9 Å². The van der Waals surface area contributed by atoms with Gasteiger partial charge in [-0.05, 0) is 37.0 Å². The highest BCUT2D eigenvalue weighted by Gasteiger charge is 2.44. The Bertz CT molecular complexity index is 748. The van der Waals surface area contributed by atoms with Gasteiger partial charge in [0, 0.05) is 5.92 Å². The summed E-state index contributed by atoms with van der Waals surface area (Å²) in [6.45, 7) is 0.430. The van der Waals surface area contributed by atoms with Crippen molar-refractivity contribution in [2.75, 3.05) is 6.61 Å². The van der Waals surface area contributed by atoms with Crippen LogP contribution in [0.2, 0.25) is 0 Å². The van der Waals surface area contributed by atoms with Crippen LogP contribution in [0.1, 0.15) is 36.6 Å². The number of benzene rings is 1. The van der Waals surface area contributed by atoms with Crippen LogP contribution in [0.15, 0.2) is 48.7 Å². The van der Waals surface area contributed by atoms with Gasteiger partial charge < -0.3 is 10.1 Å². The van der Waals surface area contributed by atoms with E-state index in [0.29, 0.717) is 5.69 Å². The number of hydrogen-bond donors (Lipinski definition) is 1. The lowest BCUT2D eigenvalue weighted by molar-refractivity contribution is -0.153. The van der Waals surface area contributed by atoms with E-state index in [4.69, 9.17) is 0 Å². The van der Waals surface area contributed by atoms with Crippen LogP contribution >= 0.6 is 0 Å². The zero-order chi connectivity index (χ0) is 18.7. The molecule has 1 aliphatic rings. The number of carbonyl (C=O) groups is 1. The minimum atomic E-state index is -4.39. The van der Waals surface area contributed by atoms with Crippen LogP contribution in [0.4, 0.5) is 13.2 Å². The Morgan fingerprint density at radius 1 is 1.27 bits per heavy atom. The lowest BCUT2D eigenvalue weighted by atomic mass is 10.1. The molecule has 1 aromatic carbocycles. The molecule has 1 fully saturated rings. The molecule has 4 nitrogen and oxygen atoms in total. The molecule has 0 aliphatic heterocycles. The van der Waals surface area contributed by atoms with E-state index in [-0.39, 0.29) is 29.5 Å². The zero-order valence-electron chi connectivity index (χ0n) is 14.2. The number of nitrogens with one attached hydrogen (secondary N) is 1. The SMILES string of the molecule is C[C@H](NC(=O)[C@@H]1C[C@H]1c1ccccc1)c1ccc(OCC(F)(F)F)cn1. The van der Waals surface area contributed by atoms with Gasteiger partial charge in [0.1, 0.15) is 5.75 Å². The Balaban J connectivity index is 1.52. The molecule has 1 amide bonds. The second-order valence-electron chi connectivity index (χ2n) is 6.41. The van der Waals surface area contributed by atoms with Crippen LogP contribution in [0.5, 0.6) is 5.75 Å². The van der Waals surface area contributed by atoms with Crippen molar-refractivity contribution < 1.29 is 22.7 Å². The van der Waals surface area contributed by atoms with Crippen molar-refractivity contribution in [2.24, 2.45) is 5.92 Å². The van der Waals surface area contributed by atoms with Crippen LogP contribution in [0.25, 0.3) is 0 Å². The molecular weight excluding hydrogens is 345 g/mol. The summed E-state index contributed by atoms with van der Waals surface area (Å²) in [5, 5.41) is 2.91. The minimum absolute atomic E-state index is 0.0365. The molecule has 0 radical (unpaired) electrons. The quantitative estimate of drug-likeness (QED) is 0.843. The number of alkyl halides is 3. The average Bonchev–Trinajstić information content (AvgIpc) is 3.41. The van der Waals surface area contributed by atoms with Gasteiger partial charge in [-0.25, -0.2) is 0 Å². The molecule has 0 spiro atoms. The highest BCUT2D eigenvalue weighted by atomic mass is 19.4. The van der Waals surface area contributed by atoms with Gasteiger partial charge in [0.15, 0.2) is 6.61 Å². The molecule has 1 N–H and O–H groups in total. The van der Waals surface area contributed by atoms with E-state index in [1.807, 2.05) is 30.3 Å². The Labute approximate surface area is 149 Å². The average molecular weight is 364 g/mol. The number of hydrogen-bond acceptors (Lipinski definition) is 3. The third-order valence-electron chi connectivity index (χ3n) is 4.32. The van der Waals surface area contributed by atoms with E-state index >= 15 is 0 Å². The van der Waals surface area contributed by atoms with Crippen LogP contribution in [-0.2, 0) is 4.79 Å². The van der Waals surface area contributed by atoms with Crippen LogP contribution in [-0.4, -0.2) is 23.7 Å². The van der Waals surface area contributed by atoms with Crippen molar-refractivity contribution in [1.82, 2.24) is 10.3 Å². The molecule has 1 aromatic heterocycles. The molecule has 1 aliphatic carbocycles. The van der Waals surface area contributed by atoms with Crippen molar-refractivity contribution >= 4 is 5.91 Å². The fourth-order valence-corrected chi connectivity index (χ4v) is 2.85. The molecule has 138 valence electrons. The Morgan fingerprint density at radius 2 is 2.00 bits per heavy atom. The Kier molecular flexibility index (Phi) is 5.15. The molecule has 1 saturated carbocycles. The highest BCUT2D eigenvalue weighted by Crippen LogP contribution is 2.47. The number of pyridine rings is 1. The zero-order valence-corrected chi connectivity index (χ0v) is 14.2. The van der Waals surface area contributed by atoms with Gasteiger partial charge in [0.25, 0.3) is 0 Å². The maximum atomic E-state index is 12.4. The van der Waals surface area contributed by atoms with Gasteiger partial charge >= 0.3 is 6.18 Å². The molecule has 3 rings (SSSR count). The third-order valence-corrected chi connectivity index (χ3v) is 4.32. The number of ether oxygens (including phenoxy) is 1. The number of halogens is 3. The van der Waals surface area contributed by atoms with Gasteiger partial charge in [-0.15, -0.1) is 0 Å². The van der Waals surface area contributed by atoms with Gasteiger partial charge in [0.05, 0.1) is 17.9 Å². The first-order chi connectivity index (χ1) is 12.3. The lowest BCUT2D eigenvalue weighted by Gasteiger charge is -2.14. The number of aromatic nitrogens is 1. The van der Waals surface area contributed by atoms with Crippen LogP contribution < -0.4 is 10.1 Å². The number of carbonyl (C=O) groups excluding carboxylic acids is 1. The summed E-state index contributed by atoms with van der Waals surface area (Å²) in [6, 6.07) is 12.5. The fraction of sp³-hybridized carbons (Fsp3) is 0.368.